The summed E-state index contributed by atoms with van der Waals surface area (Å²) >= 11 is 0. The molecule has 2 aromatic carbocycles. The molecular formula is C39H56N2O5Si. The SMILES string of the molecule is Cc1cccc(CN(C(=O)C2C(c3ccc(OCCO[Si](C)(C)C(C)(C)C)cc3)=CC3CN(C(=O)OC(C)(C)C)CC32)C2CC2)c1C. The van der Waals surface area contributed by atoms with Crippen LogP contribution in [0.4, 0.5) is 4.79 Å². The van der Waals surface area contributed by atoms with Gasteiger partial charge in [0, 0.05) is 37.5 Å². The van der Waals surface area contributed by atoms with Crippen LogP contribution in [0.1, 0.15) is 76.6 Å². The topological polar surface area (TPSA) is 68.3 Å². The van der Waals surface area contributed by atoms with Gasteiger partial charge in [0.2, 0.25) is 5.91 Å². The fourth-order valence-electron chi connectivity index (χ4n) is 6.55. The first-order valence-electron chi connectivity index (χ1n) is 17.4. The summed E-state index contributed by atoms with van der Waals surface area (Å²) in [6, 6.07) is 14.8. The standard InChI is InChI=1S/C39H56N2O5Si/c1-26-12-11-13-29(27(26)2)24-41(31-16-17-31)36(42)35-33(22-30-23-40(25-34(30)35)37(43)46-38(3,4)5)28-14-18-32(19-15-28)44-20-21-45-47(9,10)39(6,7)8/h11-15,18-19,22,30-31,34-35H,16-17,20-21,23-25H2,1-10H3. The molecule has 3 unspecified atom stereocenters. The molecule has 0 bridgehead atoms. The van der Waals surface area contributed by atoms with Crippen LogP contribution in [0, 0.1) is 31.6 Å². The zero-order chi connectivity index (χ0) is 34.3. The lowest BCUT2D eigenvalue weighted by atomic mass is 9.84. The second-order valence-corrected chi connectivity index (χ2v) is 21.2. The van der Waals surface area contributed by atoms with E-state index in [1.807, 2.05) is 32.9 Å². The third-order valence-electron chi connectivity index (χ3n) is 10.6. The maximum Gasteiger partial charge on any atom is 0.410 e. The largest absolute Gasteiger partial charge is 0.491 e. The van der Waals surface area contributed by atoms with E-state index in [0.717, 1.165) is 29.7 Å². The molecule has 2 aliphatic carbocycles. The summed E-state index contributed by atoms with van der Waals surface area (Å²) in [6.45, 7) is 23.9. The van der Waals surface area contributed by atoms with Crippen molar-refractivity contribution in [1.82, 2.24) is 9.80 Å². The van der Waals surface area contributed by atoms with Gasteiger partial charge in [-0.1, -0.05) is 57.2 Å². The Labute approximate surface area is 283 Å². The summed E-state index contributed by atoms with van der Waals surface area (Å²) in [4.78, 5) is 31.8. The van der Waals surface area contributed by atoms with Crippen molar-refractivity contribution >= 4 is 25.9 Å². The van der Waals surface area contributed by atoms with Gasteiger partial charge in [0.1, 0.15) is 18.0 Å². The molecule has 7 nitrogen and oxygen atoms in total. The molecule has 0 radical (unpaired) electrons. The van der Waals surface area contributed by atoms with Gasteiger partial charge >= 0.3 is 6.09 Å². The van der Waals surface area contributed by atoms with Crippen LogP contribution in [-0.2, 0) is 20.5 Å². The second-order valence-electron chi connectivity index (χ2n) is 16.4. The first kappa shape index (κ1) is 35.2. The highest BCUT2D eigenvalue weighted by Crippen LogP contribution is 2.48. The van der Waals surface area contributed by atoms with Crippen LogP contribution in [0.25, 0.3) is 5.57 Å². The number of hydrogen-bond donors (Lipinski definition) is 0. The van der Waals surface area contributed by atoms with Crippen LogP contribution in [-0.4, -0.2) is 68.1 Å². The summed E-state index contributed by atoms with van der Waals surface area (Å²) in [5.74, 6) is 0.731. The highest BCUT2D eigenvalue weighted by atomic mass is 28.4. The van der Waals surface area contributed by atoms with Gasteiger partial charge in [0.25, 0.3) is 0 Å². The minimum Gasteiger partial charge on any atom is -0.491 e. The van der Waals surface area contributed by atoms with E-state index in [0.29, 0.717) is 32.8 Å². The van der Waals surface area contributed by atoms with Gasteiger partial charge in [-0.2, -0.15) is 0 Å². The summed E-state index contributed by atoms with van der Waals surface area (Å²) in [7, 11) is -1.82. The van der Waals surface area contributed by atoms with Crippen molar-refractivity contribution in [2.24, 2.45) is 17.8 Å². The maximum atomic E-state index is 14.8. The van der Waals surface area contributed by atoms with Crippen molar-refractivity contribution in [2.75, 3.05) is 26.3 Å². The average Bonchev–Trinajstić information content (AvgIpc) is 3.63. The van der Waals surface area contributed by atoms with Crippen molar-refractivity contribution in [3.8, 4) is 5.75 Å². The van der Waals surface area contributed by atoms with E-state index >= 15 is 0 Å². The second kappa shape index (κ2) is 13.4. The number of amides is 2. The number of carbonyl (C=O) groups excluding carboxylic acids is 2. The van der Waals surface area contributed by atoms with Crippen molar-refractivity contribution in [3.05, 3.63) is 70.8 Å². The quantitative estimate of drug-likeness (QED) is 0.189. The normalized spacial score (nSPS) is 21.4. The first-order chi connectivity index (χ1) is 21.9. The third-order valence-corrected chi connectivity index (χ3v) is 15.2. The van der Waals surface area contributed by atoms with E-state index in [2.05, 4.69) is 89.0 Å². The van der Waals surface area contributed by atoms with Gasteiger partial charge in [-0.15, -0.1) is 0 Å². The summed E-state index contributed by atoms with van der Waals surface area (Å²) in [5.41, 5.74) is 5.21. The summed E-state index contributed by atoms with van der Waals surface area (Å²) in [6.07, 6.45) is 4.02. The Morgan fingerprint density at radius 1 is 0.936 bits per heavy atom. The van der Waals surface area contributed by atoms with Crippen LogP contribution in [0.5, 0.6) is 5.75 Å². The molecule has 2 fully saturated rings. The zero-order valence-electron chi connectivity index (χ0n) is 30.3. The molecule has 1 saturated carbocycles. The summed E-state index contributed by atoms with van der Waals surface area (Å²) < 4.78 is 18.1. The van der Waals surface area contributed by atoms with Crippen LogP contribution in [0.2, 0.25) is 18.1 Å². The van der Waals surface area contributed by atoms with Crippen LogP contribution < -0.4 is 4.74 Å². The number of rotatable bonds is 10. The van der Waals surface area contributed by atoms with Gasteiger partial charge in [0.15, 0.2) is 8.32 Å². The minimum absolute atomic E-state index is 0.00767. The Bertz CT molecular complexity index is 1480. The predicted molar refractivity (Wildman–Crippen MR) is 191 cm³/mol. The number of aryl methyl sites for hydroxylation is 1. The van der Waals surface area contributed by atoms with Gasteiger partial charge in [-0.3, -0.25) is 4.79 Å². The van der Waals surface area contributed by atoms with E-state index < -0.39 is 13.9 Å². The van der Waals surface area contributed by atoms with Crippen LogP contribution in [0.3, 0.4) is 0 Å². The number of benzene rings is 2. The Hall–Kier alpha value is -3.10. The smallest absolute Gasteiger partial charge is 0.410 e. The predicted octanol–water partition coefficient (Wildman–Crippen LogP) is 8.39. The molecule has 0 aromatic heterocycles. The molecule has 3 aliphatic rings. The lowest BCUT2D eigenvalue weighted by Gasteiger charge is -2.36. The molecule has 2 aromatic rings. The van der Waals surface area contributed by atoms with Crippen molar-refractivity contribution in [2.45, 2.75) is 105 Å². The van der Waals surface area contributed by atoms with Crippen LogP contribution in [0.15, 0.2) is 48.5 Å². The number of likely N-dealkylation sites (tertiary alicyclic amines) is 1. The highest BCUT2D eigenvalue weighted by molar-refractivity contribution is 6.74. The number of nitrogens with zero attached hydrogens (tertiary/aromatic N) is 2. The van der Waals surface area contributed by atoms with Gasteiger partial charge < -0.3 is 23.7 Å². The zero-order valence-corrected chi connectivity index (χ0v) is 31.3. The molecule has 0 spiro atoms. The molecule has 5 rings (SSSR count). The number of hydrogen-bond acceptors (Lipinski definition) is 5. The molecule has 47 heavy (non-hydrogen) atoms. The number of ether oxygens (including phenoxy) is 2. The van der Waals surface area contributed by atoms with Gasteiger partial charge in [0.05, 0.1) is 12.5 Å². The van der Waals surface area contributed by atoms with E-state index in [-0.39, 0.29) is 40.8 Å². The Balaban J connectivity index is 1.36. The van der Waals surface area contributed by atoms with Gasteiger partial charge in [-0.05, 0) is 106 Å². The molecule has 1 aliphatic heterocycles. The van der Waals surface area contributed by atoms with Crippen molar-refractivity contribution in [3.63, 3.8) is 0 Å². The molecule has 1 saturated heterocycles. The first-order valence-corrected chi connectivity index (χ1v) is 20.3. The van der Waals surface area contributed by atoms with E-state index in [9.17, 15) is 9.59 Å². The molecule has 3 atom stereocenters. The summed E-state index contributed by atoms with van der Waals surface area (Å²) in [5, 5.41) is 0.161. The Morgan fingerprint density at radius 2 is 1.62 bits per heavy atom. The van der Waals surface area contributed by atoms with E-state index in [1.54, 1.807) is 4.90 Å². The lowest BCUT2D eigenvalue weighted by molar-refractivity contribution is -0.136. The maximum absolute atomic E-state index is 14.8. The molecular weight excluding hydrogens is 605 g/mol. The van der Waals surface area contributed by atoms with Crippen LogP contribution >= 0.6 is 0 Å². The molecule has 256 valence electrons. The molecule has 2 amide bonds. The fraction of sp³-hybridized carbons (Fsp3) is 0.590. The van der Waals surface area contributed by atoms with Crippen molar-refractivity contribution < 1.29 is 23.5 Å². The molecule has 1 heterocycles. The van der Waals surface area contributed by atoms with Crippen molar-refractivity contribution in [1.29, 1.82) is 0 Å². The monoisotopic (exact) mass is 660 g/mol. The molecule has 8 heteroatoms. The van der Waals surface area contributed by atoms with E-state index in [4.69, 9.17) is 13.9 Å². The van der Waals surface area contributed by atoms with E-state index in [1.165, 1.54) is 16.7 Å². The minimum atomic E-state index is -1.82. The highest BCUT2D eigenvalue weighted by Gasteiger charge is 2.51. The lowest BCUT2D eigenvalue weighted by Crippen LogP contribution is -2.41. The fourth-order valence-corrected chi connectivity index (χ4v) is 7.58. The number of carbonyl (C=O) groups is 2. The Kier molecular flexibility index (Phi) is 10.1. The third kappa shape index (κ3) is 8.14. The number of fused-ring (bicyclic) bond motifs is 1. The van der Waals surface area contributed by atoms with Gasteiger partial charge in [-0.25, -0.2) is 4.79 Å². The molecule has 0 N–H and O–H groups in total. The average molecular weight is 661 g/mol. The Morgan fingerprint density at radius 3 is 2.23 bits per heavy atom.